The Labute approximate surface area is 196 Å². The molecule has 0 saturated carbocycles. The first-order chi connectivity index (χ1) is 16.1. The molecule has 3 atom stereocenters. The van der Waals surface area contributed by atoms with Gasteiger partial charge in [0.1, 0.15) is 5.82 Å². The molecule has 0 spiro atoms. The van der Waals surface area contributed by atoms with E-state index >= 15 is 0 Å². The number of fused-ring (bicyclic) bond motifs is 5. The van der Waals surface area contributed by atoms with Crippen LogP contribution in [0.2, 0.25) is 5.02 Å². The lowest BCUT2D eigenvalue weighted by Gasteiger charge is -2.32. The molecule has 2 bridgehead atoms. The number of halogens is 1. The minimum Gasteiger partial charge on any atom is -0.433 e. The lowest BCUT2D eigenvalue weighted by Crippen LogP contribution is -2.46. The van der Waals surface area contributed by atoms with E-state index in [9.17, 15) is 4.79 Å². The van der Waals surface area contributed by atoms with E-state index in [4.69, 9.17) is 21.1 Å². The first-order valence-electron chi connectivity index (χ1n) is 11.2. The summed E-state index contributed by atoms with van der Waals surface area (Å²) in [5, 5.41) is 9.37. The third-order valence-electron chi connectivity index (χ3n) is 6.54. The molecule has 2 unspecified atom stereocenters. The van der Waals surface area contributed by atoms with Crippen molar-refractivity contribution in [3.05, 3.63) is 82.4 Å². The number of benzene rings is 2. The third kappa shape index (κ3) is 3.61. The van der Waals surface area contributed by atoms with Crippen molar-refractivity contribution in [2.75, 3.05) is 13.1 Å². The average molecular weight is 463 g/mol. The quantitative estimate of drug-likeness (QED) is 0.551. The zero-order chi connectivity index (χ0) is 22.5. The van der Waals surface area contributed by atoms with Crippen molar-refractivity contribution in [3.63, 3.8) is 0 Å². The number of ether oxygens (including phenoxy) is 2. The van der Waals surface area contributed by atoms with Crippen LogP contribution in [0.3, 0.4) is 0 Å². The standard InChI is InChI=1S/C25H23ClN4O3/c1-15-27-28-24-23(33-25(31)29-13-18-10-11-19(14-29)32-18)12-21(16-6-8-17(26)9-7-16)20-4-2-3-5-22(20)30(15)24/h2-9,12,18-19,23H,10-11,13-14H2,1H3/t18?,19?,23-/m1/s1. The predicted molar refractivity (Wildman–Crippen MR) is 123 cm³/mol. The Kier molecular flexibility index (Phi) is 4.96. The van der Waals surface area contributed by atoms with Crippen LogP contribution in [0.25, 0.3) is 11.3 Å². The van der Waals surface area contributed by atoms with Crippen molar-refractivity contribution in [1.82, 2.24) is 19.7 Å². The van der Waals surface area contributed by atoms with Gasteiger partial charge in [-0.3, -0.25) is 4.57 Å². The average Bonchev–Trinajstić information content (AvgIpc) is 3.33. The third-order valence-corrected chi connectivity index (χ3v) is 6.79. The lowest BCUT2D eigenvalue weighted by atomic mass is 9.96. The largest absolute Gasteiger partial charge is 0.433 e. The van der Waals surface area contributed by atoms with Crippen molar-refractivity contribution < 1.29 is 14.3 Å². The number of aromatic nitrogens is 3. The molecule has 3 aliphatic rings. The zero-order valence-electron chi connectivity index (χ0n) is 18.1. The Hall–Kier alpha value is -3.16. The van der Waals surface area contributed by atoms with Gasteiger partial charge >= 0.3 is 6.09 Å². The molecule has 6 rings (SSSR count). The SMILES string of the molecule is Cc1nnc2n1-c1ccccc1C(c1ccc(Cl)cc1)=C[C@H]2OC(=O)N1CC2CCC(C1)O2. The molecule has 8 heteroatoms. The van der Waals surface area contributed by atoms with Gasteiger partial charge in [-0.15, -0.1) is 10.2 Å². The number of rotatable bonds is 2. The summed E-state index contributed by atoms with van der Waals surface area (Å²) < 4.78 is 13.9. The number of morpholine rings is 1. The van der Waals surface area contributed by atoms with E-state index in [2.05, 4.69) is 16.3 Å². The number of likely N-dealkylation sites (tertiary alicyclic amines) is 1. The summed E-state index contributed by atoms with van der Waals surface area (Å²) in [6.45, 7) is 3.02. The van der Waals surface area contributed by atoms with E-state index in [0.717, 1.165) is 41.1 Å². The van der Waals surface area contributed by atoms with Crippen molar-refractivity contribution in [3.8, 4) is 5.69 Å². The molecule has 1 aromatic heterocycles. The van der Waals surface area contributed by atoms with Crippen molar-refractivity contribution in [2.24, 2.45) is 0 Å². The van der Waals surface area contributed by atoms with Gasteiger partial charge in [-0.25, -0.2) is 4.79 Å². The highest BCUT2D eigenvalue weighted by Gasteiger charge is 2.38. The van der Waals surface area contributed by atoms with Gasteiger partial charge in [0.05, 0.1) is 31.0 Å². The molecule has 0 N–H and O–H groups in total. The summed E-state index contributed by atoms with van der Waals surface area (Å²) in [4.78, 5) is 15.0. The van der Waals surface area contributed by atoms with Crippen molar-refractivity contribution >= 4 is 23.3 Å². The van der Waals surface area contributed by atoms with E-state index in [0.29, 0.717) is 23.9 Å². The van der Waals surface area contributed by atoms with E-state index in [1.54, 1.807) is 4.90 Å². The Morgan fingerprint density at radius 3 is 2.55 bits per heavy atom. The fourth-order valence-corrected chi connectivity index (χ4v) is 5.11. The van der Waals surface area contributed by atoms with Gasteiger partial charge in [0.2, 0.25) is 0 Å². The summed E-state index contributed by atoms with van der Waals surface area (Å²) in [6, 6.07) is 15.7. The number of amides is 1. The number of para-hydroxylation sites is 1. The van der Waals surface area contributed by atoms with E-state index in [1.165, 1.54) is 0 Å². The molecule has 2 fully saturated rings. The fraction of sp³-hybridized carbons (Fsp3) is 0.320. The maximum absolute atomic E-state index is 13.2. The van der Waals surface area contributed by atoms with Crippen molar-refractivity contribution in [1.29, 1.82) is 0 Å². The molecule has 2 saturated heterocycles. The van der Waals surface area contributed by atoms with E-state index in [1.807, 2.05) is 60.0 Å². The molecule has 33 heavy (non-hydrogen) atoms. The molecular formula is C25H23ClN4O3. The molecule has 7 nitrogen and oxygen atoms in total. The lowest BCUT2D eigenvalue weighted by molar-refractivity contribution is -0.0396. The van der Waals surface area contributed by atoms with Crippen LogP contribution in [0.1, 0.15) is 41.7 Å². The summed E-state index contributed by atoms with van der Waals surface area (Å²) >= 11 is 6.14. The Balaban J connectivity index is 1.43. The number of hydrogen-bond acceptors (Lipinski definition) is 5. The van der Waals surface area contributed by atoms with Crippen LogP contribution in [-0.2, 0) is 9.47 Å². The molecule has 168 valence electrons. The van der Waals surface area contributed by atoms with Crippen LogP contribution in [-0.4, -0.2) is 51.1 Å². The van der Waals surface area contributed by atoms with Crippen LogP contribution >= 0.6 is 11.6 Å². The van der Waals surface area contributed by atoms with Gasteiger partial charge in [0, 0.05) is 10.6 Å². The second-order valence-corrected chi connectivity index (χ2v) is 9.15. The second-order valence-electron chi connectivity index (χ2n) is 8.71. The molecule has 3 aromatic rings. The number of hydrogen-bond donors (Lipinski definition) is 0. The number of carbonyl (C=O) groups is 1. The van der Waals surface area contributed by atoms with Gasteiger partial charge in [-0.05, 0) is 55.2 Å². The van der Waals surface area contributed by atoms with Gasteiger partial charge in [0.15, 0.2) is 11.9 Å². The fourth-order valence-electron chi connectivity index (χ4n) is 4.99. The first kappa shape index (κ1) is 20.4. The molecule has 1 amide bonds. The predicted octanol–water partition coefficient (Wildman–Crippen LogP) is 4.72. The Bertz CT molecular complexity index is 1240. The minimum absolute atomic E-state index is 0.0979. The smallest absolute Gasteiger partial charge is 0.410 e. The maximum Gasteiger partial charge on any atom is 0.410 e. The van der Waals surface area contributed by atoms with Crippen molar-refractivity contribution in [2.45, 2.75) is 38.1 Å². The van der Waals surface area contributed by atoms with Gasteiger partial charge in [-0.2, -0.15) is 0 Å². The maximum atomic E-state index is 13.2. The Morgan fingerprint density at radius 1 is 1.06 bits per heavy atom. The first-order valence-corrected chi connectivity index (χ1v) is 11.5. The van der Waals surface area contributed by atoms with Gasteiger partial charge in [-0.1, -0.05) is 41.9 Å². The molecule has 3 aliphatic heterocycles. The number of aryl methyl sites for hydroxylation is 1. The molecular weight excluding hydrogens is 440 g/mol. The molecule has 4 heterocycles. The van der Waals surface area contributed by atoms with Gasteiger partial charge in [0.25, 0.3) is 0 Å². The van der Waals surface area contributed by atoms with Gasteiger partial charge < -0.3 is 14.4 Å². The molecule has 0 aliphatic carbocycles. The van der Waals surface area contributed by atoms with E-state index < -0.39 is 6.10 Å². The molecule has 2 aromatic carbocycles. The number of nitrogens with zero attached hydrogens (tertiary/aromatic N) is 4. The topological polar surface area (TPSA) is 69.5 Å². The Morgan fingerprint density at radius 2 is 1.79 bits per heavy atom. The van der Waals surface area contributed by atoms with E-state index in [-0.39, 0.29) is 18.3 Å². The van der Waals surface area contributed by atoms with Crippen LogP contribution < -0.4 is 0 Å². The van der Waals surface area contributed by atoms with Crippen LogP contribution in [0.15, 0.2) is 54.6 Å². The van der Waals surface area contributed by atoms with Crippen LogP contribution in [0.4, 0.5) is 4.79 Å². The molecule has 0 radical (unpaired) electrons. The highest BCUT2D eigenvalue weighted by atomic mass is 35.5. The summed E-state index contributed by atoms with van der Waals surface area (Å²) in [7, 11) is 0. The highest BCUT2D eigenvalue weighted by molar-refractivity contribution is 6.30. The normalized spacial score (nSPS) is 23.4. The minimum atomic E-state index is -0.697. The zero-order valence-corrected chi connectivity index (χ0v) is 18.9. The second kappa shape index (κ2) is 8.01. The van der Waals surface area contributed by atoms with Crippen LogP contribution in [0, 0.1) is 6.92 Å². The van der Waals surface area contributed by atoms with Crippen LogP contribution in [0.5, 0.6) is 0 Å². The summed E-state index contributed by atoms with van der Waals surface area (Å²) in [5.74, 6) is 1.31. The summed E-state index contributed by atoms with van der Waals surface area (Å²) in [6.07, 6.45) is 3.08. The summed E-state index contributed by atoms with van der Waals surface area (Å²) in [5.41, 5.74) is 3.88. The highest BCUT2D eigenvalue weighted by Crippen LogP contribution is 2.38. The monoisotopic (exact) mass is 462 g/mol. The number of carbonyl (C=O) groups excluding carboxylic acids is 1.